The first-order chi connectivity index (χ1) is 11.8. The Kier molecular flexibility index (Phi) is 6.33. The van der Waals surface area contributed by atoms with Crippen molar-refractivity contribution in [1.29, 1.82) is 0 Å². The van der Waals surface area contributed by atoms with E-state index in [0.717, 1.165) is 6.42 Å². The Morgan fingerprint density at radius 3 is 2.27 bits per heavy atom. The van der Waals surface area contributed by atoms with Crippen molar-refractivity contribution in [2.45, 2.75) is 91.0 Å². The summed E-state index contributed by atoms with van der Waals surface area (Å²) in [7, 11) is -1.89. The van der Waals surface area contributed by atoms with Crippen molar-refractivity contribution in [1.82, 2.24) is 0 Å². The van der Waals surface area contributed by atoms with Gasteiger partial charge in [-0.2, -0.15) is 0 Å². The second-order valence-corrected chi connectivity index (χ2v) is 14.5. The molecule has 0 radical (unpaired) electrons. The van der Waals surface area contributed by atoms with Gasteiger partial charge in [-0.1, -0.05) is 41.5 Å². The zero-order chi connectivity index (χ0) is 19.9. The lowest BCUT2D eigenvalue weighted by Crippen LogP contribution is -2.64. The van der Waals surface area contributed by atoms with Gasteiger partial charge in [-0.25, -0.2) is 0 Å². The van der Waals surface area contributed by atoms with Crippen molar-refractivity contribution in [3.8, 4) is 0 Å². The number of hydrogen-bond acceptors (Lipinski definition) is 5. The van der Waals surface area contributed by atoms with E-state index in [9.17, 15) is 4.79 Å². The minimum absolute atomic E-state index is 0.0454. The number of esters is 1. The Bertz CT molecular complexity index is 515. The molecule has 2 saturated heterocycles. The summed E-state index contributed by atoms with van der Waals surface area (Å²) in [5.74, 6) is -0.819. The molecule has 0 aromatic heterocycles. The van der Waals surface area contributed by atoms with Gasteiger partial charge in [0.25, 0.3) is 0 Å². The molecule has 1 spiro atoms. The molecule has 0 aromatic carbocycles. The summed E-state index contributed by atoms with van der Waals surface area (Å²) in [6.07, 6.45) is 0.771. The maximum atomic E-state index is 11.6. The van der Waals surface area contributed by atoms with Crippen molar-refractivity contribution in [3.63, 3.8) is 0 Å². The largest absolute Gasteiger partial charge is 0.462 e. The van der Waals surface area contributed by atoms with E-state index in [1.54, 1.807) is 0 Å². The van der Waals surface area contributed by atoms with Crippen molar-refractivity contribution < 1.29 is 23.4 Å². The van der Waals surface area contributed by atoms with Crippen LogP contribution in [0.2, 0.25) is 18.1 Å². The van der Waals surface area contributed by atoms with Crippen LogP contribution in [0.15, 0.2) is 0 Å². The molecule has 2 fully saturated rings. The number of carbonyl (C=O) groups excluding carboxylic acids is 1. The lowest BCUT2D eigenvalue weighted by Gasteiger charge is -2.55. The van der Waals surface area contributed by atoms with E-state index in [4.69, 9.17) is 18.6 Å². The fourth-order valence-electron chi connectivity index (χ4n) is 4.03. The molecule has 2 rings (SSSR count). The van der Waals surface area contributed by atoms with Crippen LogP contribution in [0.4, 0.5) is 0 Å². The normalized spacial score (nSPS) is 39.0. The zero-order valence-electron chi connectivity index (χ0n) is 18.0. The van der Waals surface area contributed by atoms with Crippen molar-refractivity contribution in [2.75, 3.05) is 13.2 Å². The Morgan fingerprint density at radius 1 is 1.12 bits per heavy atom. The van der Waals surface area contributed by atoms with Crippen molar-refractivity contribution >= 4 is 14.3 Å². The summed E-state index contributed by atoms with van der Waals surface area (Å²) in [5.41, 5.74) is 0. The molecule has 0 unspecified atom stereocenters. The molecule has 0 saturated carbocycles. The minimum Gasteiger partial charge on any atom is -0.462 e. The lowest BCUT2D eigenvalue weighted by atomic mass is 9.75. The molecule has 26 heavy (non-hydrogen) atoms. The molecule has 0 N–H and O–H groups in total. The van der Waals surface area contributed by atoms with Crippen LogP contribution >= 0.6 is 0 Å². The summed E-state index contributed by atoms with van der Waals surface area (Å²) in [6.45, 7) is 20.3. The Morgan fingerprint density at radius 2 is 1.73 bits per heavy atom. The first kappa shape index (κ1) is 21.9. The van der Waals surface area contributed by atoms with Gasteiger partial charge in [0.1, 0.15) is 6.10 Å². The number of ether oxygens (including phenoxy) is 3. The fourth-order valence-corrected chi connectivity index (χ4v) is 5.46. The van der Waals surface area contributed by atoms with Gasteiger partial charge in [-0.05, 0) is 24.6 Å². The highest BCUT2D eigenvalue weighted by atomic mass is 28.4. The van der Waals surface area contributed by atoms with E-state index in [2.05, 4.69) is 54.6 Å². The third-order valence-electron chi connectivity index (χ3n) is 6.74. The number of hydrogen-bond donors (Lipinski definition) is 0. The topological polar surface area (TPSA) is 54.0 Å². The van der Waals surface area contributed by atoms with Crippen LogP contribution in [0, 0.1) is 17.8 Å². The van der Waals surface area contributed by atoms with Gasteiger partial charge in [0.05, 0.1) is 19.3 Å². The van der Waals surface area contributed by atoms with Crippen LogP contribution in [0.1, 0.15) is 54.9 Å². The average molecular weight is 387 g/mol. The highest BCUT2D eigenvalue weighted by Crippen LogP contribution is 2.48. The third-order valence-corrected chi connectivity index (χ3v) is 11.2. The maximum Gasteiger partial charge on any atom is 0.302 e. The summed E-state index contributed by atoms with van der Waals surface area (Å²) in [4.78, 5) is 11.6. The molecule has 0 bridgehead atoms. The van der Waals surface area contributed by atoms with Crippen LogP contribution in [-0.2, 0) is 23.4 Å². The second kappa shape index (κ2) is 7.53. The molecule has 2 aliphatic heterocycles. The SMILES string of the molecule is CC(=O)O[C@H]1[C@@H](C)[C@]2(OCC[C@@H](O[Si](C)(C)C(C)(C)C)[C@@H]2C)OC[C@@H]1C. The molecule has 6 heteroatoms. The van der Waals surface area contributed by atoms with Crippen LogP contribution in [0.25, 0.3) is 0 Å². The van der Waals surface area contributed by atoms with Gasteiger partial charge in [0.15, 0.2) is 14.1 Å². The first-order valence-corrected chi connectivity index (χ1v) is 12.9. The molecule has 2 heterocycles. The van der Waals surface area contributed by atoms with E-state index in [1.165, 1.54) is 6.92 Å². The molecule has 2 aliphatic rings. The van der Waals surface area contributed by atoms with E-state index in [1.807, 2.05) is 0 Å². The lowest BCUT2D eigenvalue weighted by molar-refractivity contribution is -0.357. The molecular weight excluding hydrogens is 348 g/mol. The van der Waals surface area contributed by atoms with Gasteiger partial charge in [0, 0.05) is 24.7 Å². The summed E-state index contributed by atoms with van der Waals surface area (Å²) >= 11 is 0. The van der Waals surface area contributed by atoms with Crippen molar-refractivity contribution in [3.05, 3.63) is 0 Å². The Labute approximate surface area is 160 Å². The van der Waals surface area contributed by atoms with Crippen LogP contribution in [0.3, 0.4) is 0 Å². The monoisotopic (exact) mass is 386 g/mol. The minimum atomic E-state index is -1.89. The number of rotatable bonds is 3. The van der Waals surface area contributed by atoms with Crippen molar-refractivity contribution in [2.24, 2.45) is 17.8 Å². The summed E-state index contributed by atoms with van der Waals surface area (Å²) in [5, 5.41) is 0.159. The quantitative estimate of drug-likeness (QED) is 0.533. The zero-order valence-corrected chi connectivity index (χ0v) is 19.0. The third kappa shape index (κ3) is 4.03. The molecule has 6 atom stereocenters. The molecular formula is C20H38O5Si. The molecule has 0 aromatic rings. The highest BCUT2D eigenvalue weighted by Gasteiger charge is 2.57. The van der Waals surface area contributed by atoms with Gasteiger partial charge < -0.3 is 18.6 Å². The van der Waals surface area contributed by atoms with Gasteiger partial charge in [-0.3, -0.25) is 4.79 Å². The van der Waals surface area contributed by atoms with E-state index in [0.29, 0.717) is 13.2 Å². The van der Waals surface area contributed by atoms with E-state index < -0.39 is 14.1 Å². The second-order valence-electron chi connectivity index (χ2n) is 9.71. The van der Waals surface area contributed by atoms with Gasteiger partial charge in [0.2, 0.25) is 0 Å². The molecule has 0 amide bonds. The maximum absolute atomic E-state index is 11.6. The fraction of sp³-hybridized carbons (Fsp3) is 0.950. The molecule has 152 valence electrons. The molecule has 5 nitrogen and oxygen atoms in total. The first-order valence-electron chi connectivity index (χ1n) is 9.95. The van der Waals surface area contributed by atoms with Crippen LogP contribution in [-0.4, -0.2) is 45.5 Å². The highest BCUT2D eigenvalue weighted by molar-refractivity contribution is 6.74. The van der Waals surface area contributed by atoms with Gasteiger partial charge >= 0.3 is 5.97 Å². The summed E-state index contributed by atoms with van der Waals surface area (Å²) < 4.78 is 24.9. The Balaban J connectivity index is 2.24. The van der Waals surface area contributed by atoms with Crippen LogP contribution in [0.5, 0.6) is 0 Å². The predicted octanol–water partition coefficient (Wildman–Crippen LogP) is 4.36. The average Bonchev–Trinajstić information content (AvgIpc) is 2.50. The standard InChI is InChI=1S/C20H38O5Si/c1-13-12-23-20(15(3)18(13)24-16(4)21)14(2)17(10-11-22-20)25-26(8,9)19(5,6)7/h13-15,17-18H,10-12H2,1-9H3/t13-,14-,15+,17+,18+,20+/m0/s1. The van der Waals surface area contributed by atoms with Crippen LogP contribution < -0.4 is 0 Å². The van der Waals surface area contributed by atoms with E-state index in [-0.39, 0.29) is 41.0 Å². The van der Waals surface area contributed by atoms with E-state index >= 15 is 0 Å². The Hall–Kier alpha value is -0.433. The number of carbonyl (C=O) groups is 1. The molecule has 0 aliphatic carbocycles. The predicted molar refractivity (Wildman–Crippen MR) is 104 cm³/mol. The summed E-state index contributed by atoms with van der Waals surface area (Å²) in [6, 6.07) is 0. The smallest absolute Gasteiger partial charge is 0.302 e. The van der Waals surface area contributed by atoms with Gasteiger partial charge in [-0.15, -0.1) is 0 Å².